The summed E-state index contributed by atoms with van der Waals surface area (Å²) in [7, 11) is 1.37. The van der Waals surface area contributed by atoms with Gasteiger partial charge in [0, 0.05) is 37.0 Å². The van der Waals surface area contributed by atoms with Crippen molar-refractivity contribution in [1.82, 2.24) is 0 Å². The van der Waals surface area contributed by atoms with E-state index in [-0.39, 0.29) is 6.54 Å². The molecule has 2 N–H and O–H groups in total. The lowest BCUT2D eigenvalue weighted by Crippen LogP contribution is -2.53. The first-order valence-electron chi connectivity index (χ1n) is 8.92. The van der Waals surface area contributed by atoms with E-state index in [2.05, 4.69) is 0 Å². The normalized spacial score (nSPS) is 16.0. The molecule has 0 saturated heterocycles. The van der Waals surface area contributed by atoms with Crippen molar-refractivity contribution >= 4 is 5.69 Å². The van der Waals surface area contributed by atoms with Crippen molar-refractivity contribution < 1.29 is 41.3 Å². The van der Waals surface area contributed by atoms with E-state index in [1.807, 2.05) is 4.90 Å². The largest absolute Gasteiger partial charge is 0.430 e. The molecular formula is C20H19F6NO3. The van der Waals surface area contributed by atoms with Gasteiger partial charge in [0.1, 0.15) is 0 Å². The third kappa shape index (κ3) is 3.86. The molecule has 0 spiro atoms. The van der Waals surface area contributed by atoms with Gasteiger partial charge >= 0.3 is 12.4 Å². The first-order valence-corrected chi connectivity index (χ1v) is 8.92. The van der Waals surface area contributed by atoms with Gasteiger partial charge in [-0.2, -0.15) is 26.3 Å². The van der Waals surface area contributed by atoms with Crippen molar-refractivity contribution in [3.05, 3.63) is 64.7 Å². The first-order chi connectivity index (χ1) is 13.9. The van der Waals surface area contributed by atoms with E-state index in [1.165, 1.54) is 7.11 Å². The lowest BCUT2D eigenvalue weighted by atomic mass is 9.91. The second-order valence-corrected chi connectivity index (χ2v) is 7.05. The Morgan fingerprint density at radius 1 is 1.00 bits per heavy atom. The van der Waals surface area contributed by atoms with E-state index < -0.39 is 29.8 Å². The Hall–Kier alpha value is -2.30. The highest BCUT2D eigenvalue weighted by atomic mass is 19.4. The van der Waals surface area contributed by atoms with Crippen LogP contribution in [0.2, 0.25) is 0 Å². The molecule has 1 unspecified atom stereocenters. The first kappa shape index (κ1) is 22.4. The minimum absolute atomic E-state index is 0.260. The average molecular weight is 435 g/mol. The molecule has 2 aromatic rings. The summed E-state index contributed by atoms with van der Waals surface area (Å²) in [4.78, 5) is 1.92. The highest BCUT2D eigenvalue weighted by Crippen LogP contribution is 2.50. The van der Waals surface area contributed by atoms with Gasteiger partial charge in [-0.25, -0.2) is 0 Å². The van der Waals surface area contributed by atoms with E-state index in [0.29, 0.717) is 36.2 Å². The molecule has 10 heteroatoms. The number of hydrogen-bond donors (Lipinski definition) is 2. The molecule has 1 aliphatic rings. The quantitative estimate of drug-likeness (QED) is 0.546. The highest BCUT2D eigenvalue weighted by Gasteiger charge is 2.71. The van der Waals surface area contributed by atoms with Gasteiger partial charge in [0.15, 0.2) is 6.29 Å². The fraction of sp³-hybridized carbons (Fsp3) is 0.400. The number of ether oxygens (including phenoxy) is 1. The number of anilines is 1. The smallest absolute Gasteiger partial charge is 0.369 e. The van der Waals surface area contributed by atoms with Gasteiger partial charge in [0.2, 0.25) is 0 Å². The molecule has 0 saturated carbocycles. The molecule has 0 amide bonds. The predicted molar refractivity (Wildman–Crippen MR) is 95.6 cm³/mol. The van der Waals surface area contributed by atoms with Crippen LogP contribution in [-0.2, 0) is 23.3 Å². The Morgan fingerprint density at radius 2 is 1.60 bits per heavy atom. The Morgan fingerprint density at radius 3 is 2.13 bits per heavy atom. The molecule has 0 radical (unpaired) electrons. The van der Waals surface area contributed by atoms with E-state index in [4.69, 9.17) is 4.74 Å². The maximum absolute atomic E-state index is 13.0. The van der Waals surface area contributed by atoms with E-state index >= 15 is 0 Å². The van der Waals surface area contributed by atoms with Gasteiger partial charge in [-0.05, 0) is 29.7 Å². The zero-order valence-corrected chi connectivity index (χ0v) is 15.8. The van der Waals surface area contributed by atoms with Crippen molar-refractivity contribution in [3.8, 4) is 0 Å². The van der Waals surface area contributed by atoms with Crippen LogP contribution in [0.4, 0.5) is 32.0 Å². The van der Waals surface area contributed by atoms with Gasteiger partial charge in [-0.3, -0.25) is 0 Å². The van der Waals surface area contributed by atoms with Crippen LogP contribution in [-0.4, -0.2) is 36.2 Å². The summed E-state index contributed by atoms with van der Waals surface area (Å²) in [5.41, 5.74) is -3.35. The number of nitrogens with zero attached hydrogens (tertiary/aromatic N) is 1. The van der Waals surface area contributed by atoms with Crippen molar-refractivity contribution in [1.29, 1.82) is 0 Å². The molecule has 1 atom stereocenters. The molecule has 0 aromatic heterocycles. The topological polar surface area (TPSA) is 52.9 Å². The van der Waals surface area contributed by atoms with Crippen LogP contribution in [0, 0.1) is 0 Å². The molecule has 4 nitrogen and oxygen atoms in total. The summed E-state index contributed by atoms with van der Waals surface area (Å²) in [5, 5.41) is 19.2. The number of rotatable bonds is 5. The molecule has 1 heterocycles. The van der Waals surface area contributed by atoms with Crippen molar-refractivity contribution in [2.24, 2.45) is 0 Å². The fourth-order valence-corrected chi connectivity index (χ4v) is 3.50. The number of aliphatic hydroxyl groups is 2. The fourth-order valence-electron chi connectivity index (χ4n) is 3.50. The number of methoxy groups -OCH3 is 1. The molecule has 0 aliphatic carbocycles. The monoisotopic (exact) mass is 435 g/mol. The van der Waals surface area contributed by atoms with Crippen LogP contribution < -0.4 is 4.90 Å². The number of hydrogen-bond acceptors (Lipinski definition) is 4. The molecule has 3 rings (SSSR count). The number of halogens is 6. The zero-order chi connectivity index (χ0) is 22.3. The minimum atomic E-state index is -5.91. The van der Waals surface area contributed by atoms with Gasteiger partial charge in [-0.1, -0.05) is 30.3 Å². The molecule has 2 aromatic carbocycles. The summed E-state index contributed by atoms with van der Waals surface area (Å²) in [6.07, 6.45) is -12.2. The Labute approximate surface area is 168 Å². The molecule has 164 valence electrons. The molecule has 1 aliphatic heterocycles. The van der Waals surface area contributed by atoms with E-state index in [1.54, 1.807) is 18.2 Å². The highest BCUT2D eigenvalue weighted by molar-refractivity contribution is 5.59. The van der Waals surface area contributed by atoms with Crippen LogP contribution in [0.15, 0.2) is 42.5 Å². The number of benzene rings is 2. The Kier molecular flexibility index (Phi) is 5.78. The third-order valence-electron chi connectivity index (χ3n) is 5.17. The number of fused-ring (bicyclic) bond motifs is 1. The average Bonchev–Trinajstić information content (AvgIpc) is 3.07. The van der Waals surface area contributed by atoms with Gasteiger partial charge in [0.05, 0.1) is 0 Å². The van der Waals surface area contributed by atoms with Gasteiger partial charge in [0.25, 0.3) is 5.60 Å². The van der Waals surface area contributed by atoms with Crippen molar-refractivity contribution in [2.75, 3.05) is 18.6 Å². The lowest BCUT2D eigenvalue weighted by molar-refractivity contribution is -0.376. The van der Waals surface area contributed by atoms with Crippen LogP contribution >= 0.6 is 0 Å². The van der Waals surface area contributed by atoms with Crippen LogP contribution in [0.1, 0.15) is 28.5 Å². The minimum Gasteiger partial charge on any atom is -0.369 e. The summed E-state index contributed by atoms with van der Waals surface area (Å²) in [6, 6.07) is 8.81. The second-order valence-electron chi connectivity index (χ2n) is 7.05. The van der Waals surface area contributed by atoms with Gasteiger partial charge in [-0.15, -0.1) is 0 Å². The van der Waals surface area contributed by atoms with E-state index in [9.17, 15) is 36.6 Å². The Balaban J connectivity index is 1.81. The van der Waals surface area contributed by atoms with E-state index in [0.717, 1.165) is 23.4 Å². The zero-order valence-electron chi connectivity index (χ0n) is 15.8. The molecule has 30 heavy (non-hydrogen) atoms. The maximum Gasteiger partial charge on any atom is 0.430 e. The molecular weight excluding hydrogens is 416 g/mol. The van der Waals surface area contributed by atoms with Crippen LogP contribution in [0.5, 0.6) is 0 Å². The number of alkyl halides is 6. The second kappa shape index (κ2) is 7.75. The van der Waals surface area contributed by atoms with Crippen LogP contribution in [0.25, 0.3) is 0 Å². The third-order valence-corrected chi connectivity index (χ3v) is 5.17. The summed E-state index contributed by atoms with van der Waals surface area (Å²) >= 11 is 0. The standard InChI is InChI=1S/C20H19F6NO3/c1-30-17(28)14-4-7-16-13(10-14)8-9-27(16)11-12-2-5-15(6-3-12)18(29,19(21,22)23)20(24,25)26/h2-7,10,17,28-29H,8-9,11H2,1H3. The predicted octanol–water partition coefficient (Wildman–Crippen LogP) is 4.20. The Bertz CT molecular complexity index is 881. The van der Waals surface area contributed by atoms with Gasteiger partial charge < -0.3 is 19.8 Å². The summed E-state index contributed by atoms with van der Waals surface area (Å²) in [6.45, 7) is 0.856. The summed E-state index contributed by atoms with van der Waals surface area (Å²) < 4.78 is 82.8. The summed E-state index contributed by atoms with van der Waals surface area (Å²) in [5.74, 6) is 0. The SMILES string of the molecule is COC(O)c1ccc2c(c1)CCN2Cc1ccc(C(O)(C(F)(F)F)C(F)(F)F)cc1. The number of aliphatic hydroxyl groups excluding tert-OH is 1. The maximum atomic E-state index is 13.0. The molecule has 0 bridgehead atoms. The van der Waals surface area contributed by atoms with Crippen molar-refractivity contribution in [3.63, 3.8) is 0 Å². The van der Waals surface area contributed by atoms with Crippen LogP contribution in [0.3, 0.4) is 0 Å². The van der Waals surface area contributed by atoms with Crippen molar-refractivity contribution in [2.45, 2.75) is 37.2 Å². The molecule has 0 fully saturated rings. The lowest BCUT2D eigenvalue weighted by Gasteiger charge is -2.32.